The molecule has 2 N–H and O–H groups in total. The number of pyridine rings is 1. The Hall–Kier alpha value is -2.82. The molecule has 0 amide bonds. The molecular weight excluding hydrogens is 258 g/mol. The van der Waals surface area contributed by atoms with Gasteiger partial charge in [-0.2, -0.15) is 0 Å². The van der Waals surface area contributed by atoms with E-state index in [-0.39, 0.29) is 11.5 Å². The monoisotopic (exact) mass is 271 g/mol. The van der Waals surface area contributed by atoms with Gasteiger partial charge in [-0.1, -0.05) is 6.08 Å². The van der Waals surface area contributed by atoms with Crippen molar-refractivity contribution in [1.29, 1.82) is 0 Å². The van der Waals surface area contributed by atoms with Crippen molar-refractivity contribution in [3.63, 3.8) is 0 Å². The Morgan fingerprint density at radius 3 is 2.40 bits per heavy atom. The molecule has 20 heavy (non-hydrogen) atoms. The molecule has 0 saturated heterocycles. The van der Waals surface area contributed by atoms with Crippen LogP contribution in [0.2, 0.25) is 0 Å². The van der Waals surface area contributed by atoms with E-state index in [1.807, 2.05) is 0 Å². The molecule has 0 saturated carbocycles. The van der Waals surface area contributed by atoms with Crippen LogP contribution < -0.4 is 0 Å². The third kappa shape index (κ3) is 3.35. The number of carbonyl (C=O) groups is 1. The third-order valence-electron chi connectivity index (χ3n) is 2.58. The summed E-state index contributed by atoms with van der Waals surface area (Å²) < 4.78 is 4.58. The van der Waals surface area contributed by atoms with Gasteiger partial charge in [0.05, 0.1) is 18.4 Å². The SMILES string of the molecule is COC(=O)c1ccc(/C=C/c2cc(O)cc(O)c2)nc1. The lowest BCUT2D eigenvalue weighted by molar-refractivity contribution is 0.0600. The zero-order valence-corrected chi connectivity index (χ0v) is 10.8. The highest BCUT2D eigenvalue weighted by atomic mass is 16.5. The lowest BCUT2D eigenvalue weighted by Crippen LogP contribution is -2.01. The molecule has 0 aliphatic carbocycles. The smallest absolute Gasteiger partial charge is 0.339 e. The number of phenolic OH excluding ortho intramolecular Hbond substituents is 2. The molecule has 0 atom stereocenters. The Bertz CT molecular complexity index is 627. The van der Waals surface area contributed by atoms with Crippen LogP contribution in [-0.4, -0.2) is 28.3 Å². The van der Waals surface area contributed by atoms with Gasteiger partial charge in [0.25, 0.3) is 0 Å². The molecule has 102 valence electrons. The van der Waals surface area contributed by atoms with Crippen molar-refractivity contribution in [3.05, 3.63) is 53.3 Å². The number of hydrogen-bond acceptors (Lipinski definition) is 5. The molecule has 1 aromatic heterocycles. The van der Waals surface area contributed by atoms with Gasteiger partial charge in [-0.3, -0.25) is 4.98 Å². The van der Waals surface area contributed by atoms with Gasteiger partial charge in [-0.25, -0.2) is 4.79 Å². The molecule has 0 aliphatic rings. The third-order valence-corrected chi connectivity index (χ3v) is 2.58. The quantitative estimate of drug-likeness (QED) is 0.838. The first-order valence-corrected chi connectivity index (χ1v) is 5.84. The average Bonchev–Trinajstić information content (AvgIpc) is 2.44. The highest BCUT2D eigenvalue weighted by molar-refractivity contribution is 5.89. The van der Waals surface area contributed by atoms with E-state index in [0.717, 1.165) is 0 Å². The fourth-order valence-electron chi connectivity index (χ4n) is 1.64. The lowest BCUT2D eigenvalue weighted by atomic mass is 10.1. The van der Waals surface area contributed by atoms with Crippen LogP contribution in [0, 0.1) is 0 Å². The fraction of sp³-hybridized carbons (Fsp3) is 0.0667. The minimum Gasteiger partial charge on any atom is -0.508 e. The Labute approximate surface area is 115 Å². The number of rotatable bonds is 3. The van der Waals surface area contributed by atoms with Crippen molar-refractivity contribution in [2.24, 2.45) is 0 Å². The van der Waals surface area contributed by atoms with E-state index in [9.17, 15) is 15.0 Å². The van der Waals surface area contributed by atoms with E-state index in [4.69, 9.17) is 0 Å². The van der Waals surface area contributed by atoms with Crippen LogP contribution >= 0.6 is 0 Å². The molecule has 0 bridgehead atoms. The molecule has 1 heterocycles. The van der Waals surface area contributed by atoms with Gasteiger partial charge in [-0.05, 0) is 35.9 Å². The molecule has 0 spiro atoms. The van der Waals surface area contributed by atoms with Crippen LogP contribution in [-0.2, 0) is 4.74 Å². The largest absolute Gasteiger partial charge is 0.508 e. The number of benzene rings is 1. The molecule has 2 rings (SSSR count). The van der Waals surface area contributed by atoms with Crippen LogP contribution in [0.15, 0.2) is 36.5 Å². The van der Waals surface area contributed by atoms with Gasteiger partial charge >= 0.3 is 5.97 Å². The Balaban J connectivity index is 2.17. The molecule has 0 aliphatic heterocycles. The maximum atomic E-state index is 11.2. The van der Waals surface area contributed by atoms with Crippen LogP contribution in [0.3, 0.4) is 0 Å². The van der Waals surface area contributed by atoms with Crippen molar-refractivity contribution in [3.8, 4) is 11.5 Å². The first-order chi connectivity index (χ1) is 9.58. The second-order valence-electron chi connectivity index (χ2n) is 4.08. The Morgan fingerprint density at radius 2 is 1.85 bits per heavy atom. The van der Waals surface area contributed by atoms with Crippen LogP contribution in [0.1, 0.15) is 21.6 Å². The van der Waals surface area contributed by atoms with Crippen molar-refractivity contribution in [1.82, 2.24) is 4.98 Å². The summed E-state index contributed by atoms with van der Waals surface area (Å²) in [6, 6.07) is 7.56. The van der Waals surface area contributed by atoms with Crippen LogP contribution in [0.4, 0.5) is 0 Å². The van der Waals surface area contributed by atoms with Gasteiger partial charge in [-0.15, -0.1) is 0 Å². The van der Waals surface area contributed by atoms with E-state index >= 15 is 0 Å². The molecular formula is C15H13NO4. The summed E-state index contributed by atoms with van der Waals surface area (Å²) >= 11 is 0. The summed E-state index contributed by atoms with van der Waals surface area (Å²) in [6.07, 6.45) is 4.82. The van der Waals surface area contributed by atoms with Gasteiger partial charge in [0.1, 0.15) is 11.5 Å². The number of esters is 1. The van der Waals surface area contributed by atoms with E-state index in [1.54, 1.807) is 24.3 Å². The number of nitrogens with zero attached hydrogens (tertiary/aromatic N) is 1. The normalized spacial score (nSPS) is 10.7. The maximum Gasteiger partial charge on any atom is 0.339 e. The first-order valence-electron chi connectivity index (χ1n) is 5.84. The summed E-state index contributed by atoms with van der Waals surface area (Å²) in [7, 11) is 1.31. The average molecular weight is 271 g/mol. The molecule has 0 unspecified atom stereocenters. The number of hydrogen-bond donors (Lipinski definition) is 2. The van der Waals surface area contributed by atoms with Crippen molar-refractivity contribution in [2.45, 2.75) is 0 Å². The number of phenols is 2. The van der Waals surface area contributed by atoms with E-state index in [1.165, 1.54) is 31.5 Å². The van der Waals surface area contributed by atoms with Gasteiger partial charge in [0.15, 0.2) is 0 Å². The number of aromatic nitrogens is 1. The summed E-state index contributed by atoms with van der Waals surface area (Å²) in [5, 5.41) is 18.7. The number of aromatic hydroxyl groups is 2. The first kappa shape index (κ1) is 13.6. The second kappa shape index (κ2) is 5.88. The van der Waals surface area contributed by atoms with E-state index < -0.39 is 5.97 Å². The molecule has 5 nitrogen and oxygen atoms in total. The van der Waals surface area contributed by atoms with Crippen molar-refractivity contribution in [2.75, 3.05) is 7.11 Å². The zero-order valence-electron chi connectivity index (χ0n) is 10.8. The Kier molecular flexibility index (Phi) is 4.00. The molecule has 2 aromatic rings. The maximum absolute atomic E-state index is 11.2. The zero-order chi connectivity index (χ0) is 14.5. The van der Waals surface area contributed by atoms with Gasteiger partial charge in [0.2, 0.25) is 0 Å². The van der Waals surface area contributed by atoms with E-state index in [0.29, 0.717) is 16.8 Å². The lowest BCUT2D eigenvalue weighted by Gasteiger charge is -2.00. The minimum absolute atomic E-state index is 0.0151. The predicted molar refractivity (Wildman–Crippen MR) is 74.3 cm³/mol. The molecule has 5 heteroatoms. The van der Waals surface area contributed by atoms with Gasteiger partial charge in [0, 0.05) is 12.3 Å². The molecule has 1 aromatic carbocycles. The fourth-order valence-corrected chi connectivity index (χ4v) is 1.64. The highest BCUT2D eigenvalue weighted by Gasteiger charge is 2.04. The van der Waals surface area contributed by atoms with E-state index in [2.05, 4.69) is 9.72 Å². The summed E-state index contributed by atoms with van der Waals surface area (Å²) in [5.41, 5.74) is 1.65. The minimum atomic E-state index is -0.439. The van der Waals surface area contributed by atoms with Crippen LogP contribution in [0.25, 0.3) is 12.2 Å². The standard InChI is InChI=1S/C15H13NO4/c1-20-15(19)11-3-5-12(16-9-11)4-2-10-6-13(17)8-14(18)7-10/h2-9,17-18H,1H3/b4-2+. The summed E-state index contributed by atoms with van der Waals surface area (Å²) in [6.45, 7) is 0. The number of ether oxygens (including phenoxy) is 1. The topological polar surface area (TPSA) is 79.7 Å². The van der Waals surface area contributed by atoms with Gasteiger partial charge < -0.3 is 14.9 Å². The van der Waals surface area contributed by atoms with Crippen LogP contribution in [0.5, 0.6) is 11.5 Å². The number of carbonyl (C=O) groups excluding carboxylic acids is 1. The summed E-state index contributed by atoms with van der Waals surface area (Å²) in [5.74, 6) is -0.469. The van der Waals surface area contributed by atoms with Crippen molar-refractivity contribution >= 4 is 18.1 Å². The Morgan fingerprint density at radius 1 is 1.15 bits per heavy atom. The molecule has 0 fully saturated rings. The number of methoxy groups -OCH3 is 1. The van der Waals surface area contributed by atoms with Crippen molar-refractivity contribution < 1.29 is 19.7 Å². The highest BCUT2D eigenvalue weighted by Crippen LogP contribution is 2.21. The molecule has 0 radical (unpaired) electrons. The second-order valence-corrected chi connectivity index (χ2v) is 4.08. The summed E-state index contributed by atoms with van der Waals surface area (Å²) in [4.78, 5) is 15.3. The predicted octanol–water partition coefficient (Wildman–Crippen LogP) is 2.45.